The predicted octanol–water partition coefficient (Wildman–Crippen LogP) is 2.23. The zero-order valence-electron chi connectivity index (χ0n) is 18.1. The molecule has 3 saturated heterocycles. The summed E-state index contributed by atoms with van der Waals surface area (Å²) in [4.78, 5) is 32.8. The van der Waals surface area contributed by atoms with Crippen molar-refractivity contribution in [3.8, 4) is 0 Å². The fourth-order valence-electron chi connectivity index (χ4n) is 4.87. The quantitative estimate of drug-likeness (QED) is 0.570. The number of halogens is 3. The molecule has 3 aliphatic heterocycles. The Bertz CT molecular complexity index is 1250. The van der Waals surface area contributed by atoms with Gasteiger partial charge in [-0.05, 0) is 12.8 Å². The largest absolute Gasteiger partial charge is 0.434 e. The first-order chi connectivity index (χ1) is 16.3. The van der Waals surface area contributed by atoms with Crippen LogP contribution >= 0.6 is 0 Å². The minimum absolute atomic E-state index is 0.0521. The normalized spacial score (nSPS) is 21.0. The molecule has 0 aliphatic carbocycles. The second kappa shape index (κ2) is 7.58. The van der Waals surface area contributed by atoms with Gasteiger partial charge in [0.15, 0.2) is 17.2 Å². The molecule has 0 unspecified atom stereocenters. The molecule has 6 rings (SSSR count). The van der Waals surface area contributed by atoms with E-state index in [-0.39, 0.29) is 29.6 Å². The number of nitrogens with zero attached hydrogens (tertiary/aromatic N) is 8. The van der Waals surface area contributed by atoms with Gasteiger partial charge in [-0.25, -0.2) is 19.6 Å². The van der Waals surface area contributed by atoms with Crippen LogP contribution in [-0.2, 0) is 15.7 Å². The van der Waals surface area contributed by atoms with Crippen molar-refractivity contribution in [1.82, 2.24) is 29.7 Å². The van der Waals surface area contributed by atoms with Gasteiger partial charge >= 0.3 is 6.18 Å². The molecule has 3 fully saturated rings. The van der Waals surface area contributed by atoms with Gasteiger partial charge in [0.2, 0.25) is 5.91 Å². The third-order valence-electron chi connectivity index (χ3n) is 6.91. The van der Waals surface area contributed by atoms with Gasteiger partial charge in [-0.2, -0.15) is 18.3 Å². The Morgan fingerprint density at radius 1 is 1.03 bits per heavy atom. The first-order valence-electron chi connectivity index (χ1n) is 11.0. The van der Waals surface area contributed by atoms with E-state index < -0.39 is 11.9 Å². The summed E-state index contributed by atoms with van der Waals surface area (Å²) in [6.45, 7) is 2.87. The molecule has 3 aromatic heterocycles. The zero-order chi connectivity index (χ0) is 23.5. The zero-order valence-corrected chi connectivity index (χ0v) is 18.1. The van der Waals surface area contributed by atoms with E-state index >= 15 is 0 Å². The van der Waals surface area contributed by atoms with E-state index in [0.717, 1.165) is 17.0 Å². The smallest absolute Gasteiger partial charge is 0.377 e. The molecule has 3 aliphatic rings. The van der Waals surface area contributed by atoms with Crippen molar-refractivity contribution in [2.45, 2.75) is 31.5 Å². The van der Waals surface area contributed by atoms with Crippen LogP contribution in [0.2, 0.25) is 0 Å². The summed E-state index contributed by atoms with van der Waals surface area (Å²) in [5.41, 5.74) is 0.0292. The minimum Gasteiger partial charge on any atom is -0.377 e. The maximum atomic E-state index is 13.0. The van der Waals surface area contributed by atoms with E-state index in [2.05, 4.69) is 25.0 Å². The summed E-state index contributed by atoms with van der Waals surface area (Å²) in [7, 11) is 0. The molecule has 34 heavy (non-hydrogen) atoms. The average molecular weight is 474 g/mol. The van der Waals surface area contributed by atoms with E-state index in [1.807, 2.05) is 4.68 Å². The highest BCUT2D eigenvalue weighted by Gasteiger charge is 2.46. The first kappa shape index (κ1) is 21.2. The number of aromatic nitrogens is 6. The molecule has 3 aromatic rings. The Morgan fingerprint density at radius 3 is 2.53 bits per heavy atom. The van der Waals surface area contributed by atoms with Gasteiger partial charge in [-0.15, -0.1) is 0 Å². The number of hydrogen-bond donors (Lipinski definition) is 0. The van der Waals surface area contributed by atoms with E-state index in [0.29, 0.717) is 51.9 Å². The first-order valence-corrected chi connectivity index (χ1v) is 11.0. The lowest BCUT2D eigenvalue weighted by Crippen LogP contribution is -2.42. The lowest BCUT2D eigenvalue weighted by molar-refractivity contribution is -0.141. The molecule has 0 saturated carbocycles. The van der Waals surface area contributed by atoms with Gasteiger partial charge in [0, 0.05) is 31.5 Å². The number of rotatable bonds is 3. The lowest BCUT2D eigenvalue weighted by atomic mass is 9.77. The average Bonchev–Trinajstić information content (AvgIpc) is 3.33. The van der Waals surface area contributed by atoms with Crippen LogP contribution in [0.5, 0.6) is 0 Å². The van der Waals surface area contributed by atoms with Crippen molar-refractivity contribution in [1.29, 1.82) is 0 Å². The Labute approximate surface area is 191 Å². The number of fused-ring (bicyclic) bond motifs is 1. The van der Waals surface area contributed by atoms with Crippen molar-refractivity contribution in [3.05, 3.63) is 30.5 Å². The molecule has 0 bridgehead atoms. The maximum absolute atomic E-state index is 13.0. The van der Waals surface area contributed by atoms with Gasteiger partial charge < -0.3 is 9.64 Å². The Kier molecular flexibility index (Phi) is 4.73. The van der Waals surface area contributed by atoms with Crippen LogP contribution in [0.4, 0.5) is 24.8 Å². The monoisotopic (exact) mass is 474 g/mol. The summed E-state index contributed by atoms with van der Waals surface area (Å²) < 4.78 is 46.2. The summed E-state index contributed by atoms with van der Waals surface area (Å²) >= 11 is 0. The van der Waals surface area contributed by atoms with Crippen LogP contribution < -0.4 is 9.80 Å². The molecular weight excluding hydrogens is 453 g/mol. The molecule has 1 amide bonds. The highest BCUT2D eigenvalue weighted by molar-refractivity contribution is 5.95. The minimum atomic E-state index is -4.61. The second-order valence-electron chi connectivity index (χ2n) is 9.12. The fraction of sp³-hybridized carbons (Fsp3) is 0.524. The summed E-state index contributed by atoms with van der Waals surface area (Å²) in [6, 6.07) is 0.168. The third kappa shape index (κ3) is 3.54. The Balaban J connectivity index is 1.17. The highest BCUT2D eigenvalue weighted by Crippen LogP contribution is 2.43. The standard InChI is InChI=1S/C21H21F3N8O2/c22-21(23,24)15-7-25-8-17(28-15)31-12-20(5-18(31)33)1-3-30(4-2-20)16-9-26-14-6-27-32(19(14)29-16)13-10-34-11-13/h6-9,13H,1-5,10-12H2. The molecular formula is C21H21F3N8O2. The van der Waals surface area contributed by atoms with E-state index in [1.54, 1.807) is 12.4 Å². The number of anilines is 2. The summed E-state index contributed by atoms with van der Waals surface area (Å²) in [6.07, 6.45) is 2.38. The number of ether oxygens (including phenoxy) is 1. The van der Waals surface area contributed by atoms with Crippen molar-refractivity contribution in [2.24, 2.45) is 5.41 Å². The highest BCUT2D eigenvalue weighted by atomic mass is 19.4. The molecule has 0 N–H and O–H groups in total. The number of piperidine rings is 1. The summed E-state index contributed by atoms with van der Waals surface area (Å²) in [5.74, 6) is 0.466. The number of hydrogen-bond acceptors (Lipinski definition) is 8. The molecule has 0 aromatic carbocycles. The summed E-state index contributed by atoms with van der Waals surface area (Å²) in [5, 5.41) is 4.40. The molecule has 1 spiro atoms. The van der Waals surface area contributed by atoms with Gasteiger partial charge in [-0.3, -0.25) is 14.7 Å². The fourth-order valence-corrected chi connectivity index (χ4v) is 4.87. The molecule has 0 radical (unpaired) electrons. The number of amides is 1. The van der Waals surface area contributed by atoms with Gasteiger partial charge in [0.1, 0.15) is 17.4 Å². The molecule has 0 atom stereocenters. The van der Waals surface area contributed by atoms with Crippen molar-refractivity contribution in [3.63, 3.8) is 0 Å². The van der Waals surface area contributed by atoms with Crippen LogP contribution in [0.15, 0.2) is 24.8 Å². The van der Waals surface area contributed by atoms with Gasteiger partial charge in [0.25, 0.3) is 0 Å². The molecule has 10 nitrogen and oxygen atoms in total. The van der Waals surface area contributed by atoms with Crippen LogP contribution in [0, 0.1) is 5.41 Å². The number of alkyl halides is 3. The topological polar surface area (TPSA) is 102 Å². The Hall–Kier alpha value is -3.35. The van der Waals surface area contributed by atoms with Crippen LogP contribution in [0.1, 0.15) is 31.0 Å². The van der Waals surface area contributed by atoms with Crippen LogP contribution in [-0.4, -0.2) is 68.5 Å². The number of carbonyl (C=O) groups is 1. The van der Waals surface area contributed by atoms with E-state index in [9.17, 15) is 18.0 Å². The van der Waals surface area contributed by atoms with Crippen molar-refractivity contribution < 1.29 is 22.7 Å². The van der Waals surface area contributed by atoms with Crippen molar-refractivity contribution >= 4 is 28.7 Å². The van der Waals surface area contributed by atoms with Crippen LogP contribution in [0.3, 0.4) is 0 Å². The maximum Gasteiger partial charge on any atom is 0.434 e. The molecule has 13 heteroatoms. The molecule has 6 heterocycles. The van der Waals surface area contributed by atoms with Crippen LogP contribution in [0.25, 0.3) is 11.2 Å². The predicted molar refractivity (Wildman–Crippen MR) is 113 cm³/mol. The Morgan fingerprint density at radius 2 is 1.82 bits per heavy atom. The molecule has 178 valence electrons. The van der Waals surface area contributed by atoms with E-state index in [4.69, 9.17) is 9.72 Å². The van der Waals surface area contributed by atoms with Gasteiger partial charge in [-0.1, -0.05) is 0 Å². The lowest BCUT2D eigenvalue weighted by Gasteiger charge is -2.39. The third-order valence-corrected chi connectivity index (χ3v) is 6.91. The second-order valence-corrected chi connectivity index (χ2v) is 9.12. The van der Waals surface area contributed by atoms with Gasteiger partial charge in [0.05, 0.1) is 38.0 Å². The SMILES string of the molecule is O=C1CC2(CCN(c3cnc4cnn(C5COC5)c4n3)CC2)CN1c1cncc(C(F)(F)F)n1. The number of carbonyl (C=O) groups excluding carboxylic acids is 1. The van der Waals surface area contributed by atoms with Crippen molar-refractivity contribution in [2.75, 3.05) is 42.6 Å². The van der Waals surface area contributed by atoms with E-state index in [1.165, 1.54) is 11.1 Å².